The summed E-state index contributed by atoms with van der Waals surface area (Å²) in [5, 5.41) is 10.5. The van der Waals surface area contributed by atoms with Gasteiger partial charge in [-0.3, -0.25) is 9.59 Å². The quantitative estimate of drug-likeness (QED) is 0.666. The van der Waals surface area contributed by atoms with Crippen molar-refractivity contribution in [1.82, 2.24) is 9.88 Å². The van der Waals surface area contributed by atoms with E-state index in [1.165, 1.54) is 15.2 Å². The Labute approximate surface area is 143 Å². The number of hydrogen-bond acceptors (Lipinski definition) is 4. The normalized spacial score (nSPS) is 13.8. The van der Waals surface area contributed by atoms with Crippen LogP contribution in [0.2, 0.25) is 0 Å². The third kappa shape index (κ3) is 2.75. The number of azo groups is 1. The lowest BCUT2D eigenvalue weighted by Crippen LogP contribution is -2.51. The predicted octanol–water partition coefficient (Wildman–Crippen LogP) is 2.07. The van der Waals surface area contributed by atoms with Crippen LogP contribution in [0.25, 0.3) is 10.9 Å². The SMILES string of the molecule is C=CC[n+]1c2n(c3cc(C(=O)NC(C)CC)ccc3c1=O)C(=O)N=N2. The molecule has 0 radical (unpaired) electrons. The minimum absolute atomic E-state index is 0.0220. The lowest BCUT2D eigenvalue weighted by atomic mass is 10.1. The Morgan fingerprint density at radius 1 is 1.40 bits per heavy atom. The van der Waals surface area contributed by atoms with Gasteiger partial charge in [0.1, 0.15) is 5.52 Å². The number of fused-ring (bicyclic) bond motifs is 3. The van der Waals surface area contributed by atoms with Crippen LogP contribution in [0.3, 0.4) is 0 Å². The van der Waals surface area contributed by atoms with Crippen molar-refractivity contribution in [2.45, 2.75) is 32.9 Å². The third-order valence-electron chi connectivity index (χ3n) is 4.14. The van der Waals surface area contributed by atoms with Crippen LogP contribution in [0, 0.1) is 0 Å². The Hall–Kier alpha value is -3.16. The molecule has 25 heavy (non-hydrogen) atoms. The van der Waals surface area contributed by atoms with Gasteiger partial charge >= 0.3 is 17.5 Å². The molecule has 0 bridgehead atoms. The number of nitrogens with one attached hydrogen (secondary N) is 1. The van der Waals surface area contributed by atoms with Gasteiger partial charge in [-0.25, -0.2) is 4.79 Å². The van der Waals surface area contributed by atoms with Gasteiger partial charge in [0.15, 0.2) is 0 Å². The molecule has 3 rings (SSSR count). The van der Waals surface area contributed by atoms with Crippen molar-refractivity contribution in [3.63, 3.8) is 0 Å². The van der Waals surface area contributed by atoms with Gasteiger partial charge in [-0.05, 0) is 31.5 Å². The van der Waals surface area contributed by atoms with Crippen LogP contribution in [0.1, 0.15) is 30.6 Å². The number of aromatic nitrogens is 2. The Bertz CT molecular complexity index is 990. The molecule has 1 atom stereocenters. The summed E-state index contributed by atoms with van der Waals surface area (Å²) in [5.74, 6) is -0.137. The van der Waals surface area contributed by atoms with E-state index in [9.17, 15) is 14.4 Å². The summed E-state index contributed by atoms with van der Waals surface area (Å²) in [6, 6.07) is 4.05. The second-order valence-corrected chi connectivity index (χ2v) is 5.84. The molecule has 8 heteroatoms. The summed E-state index contributed by atoms with van der Waals surface area (Å²) in [7, 11) is 0. The van der Waals surface area contributed by atoms with Crippen LogP contribution >= 0.6 is 0 Å². The molecule has 1 aromatic carbocycles. The van der Waals surface area contributed by atoms with Gasteiger partial charge in [0, 0.05) is 16.7 Å². The van der Waals surface area contributed by atoms with E-state index in [-0.39, 0.29) is 30.0 Å². The molecule has 1 N–H and O–H groups in total. The molecule has 0 spiro atoms. The highest BCUT2D eigenvalue weighted by molar-refractivity contribution is 6.00. The van der Waals surface area contributed by atoms with E-state index in [1.807, 2.05) is 13.8 Å². The summed E-state index contributed by atoms with van der Waals surface area (Å²) in [4.78, 5) is 37.1. The number of nitrogens with zero attached hydrogens (tertiary/aromatic N) is 4. The first-order valence-corrected chi connectivity index (χ1v) is 7.98. The average Bonchev–Trinajstić information content (AvgIpc) is 2.99. The summed E-state index contributed by atoms with van der Waals surface area (Å²) in [5.41, 5.74) is 0.360. The van der Waals surface area contributed by atoms with E-state index in [1.54, 1.807) is 18.2 Å². The van der Waals surface area contributed by atoms with Crippen LogP contribution in [-0.4, -0.2) is 22.5 Å². The summed E-state index contributed by atoms with van der Waals surface area (Å²) < 4.78 is 2.56. The van der Waals surface area contributed by atoms with Gasteiger partial charge in [-0.1, -0.05) is 19.6 Å². The van der Waals surface area contributed by atoms with E-state index in [0.29, 0.717) is 16.5 Å². The van der Waals surface area contributed by atoms with Crippen molar-refractivity contribution >= 4 is 28.8 Å². The number of allylic oxidation sites excluding steroid dienone is 1. The molecular weight excluding hydrogens is 322 g/mol. The van der Waals surface area contributed by atoms with Crippen molar-refractivity contribution in [2.75, 3.05) is 0 Å². The van der Waals surface area contributed by atoms with Gasteiger partial charge in [-0.2, -0.15) is 4.57 Å². The zero-order valence-corrected chi connectivity index (χ0v) is 14.0. The molecule has 1 aliphatic rings. The molecule has 2 heterocycles. The number of carbonyl (C=O) groups is 2. The monoisotopic (exact) mass is 340 g/mol. The van der Waals surface area contributed by atoms with Crippen molar-refractivity contribution in [3.05, 3.63) is 46.8 Å². The molecule has 0 aliphatic carbocycles. The van der Waals surface area contributed by atoms with Crippen LogP contribution in [0.5, 0.6) is 0 Å². The maximum absolute atomic E-state index is 12.7. The second kappa shape index (κ2) is 6.39. The van der Waals surface area contributed by atoms with Crippen LogP contribution < -0.4 is 15.4 Å². The summed E-state index contributed by atoms with van der Waals surface area (Å²) in [6.07, 6.45) is 2.34. The Morgan fingerprint density at radius 3 is 2.84 bits per heavy atom. The molecule has 8 nitrogen and oxygen atoms in total. The fraction of sp³-hybridized carbons (Fsp3) is 0.294. The van der Waals surface area contributed by atoms with E-state index in [2.05, 4.69) is 22.1 Å². The molecule has 0 fully saturated rings. The topological polar surface area (TPSA) is 96.8 Å². The molecule has 0 saturated carbocycles. The van der Waals surface area contributed by atoms with Crippen LogP contribution in [0.4, 0.5) is 10.7 Å². The number of rotatable bonds is 5. The Kier molecular flexibility index (Phi) is 4.26. The lowest BCUT2D eigenvalue weighted by molar-refractivity contribution is -0.689. The Morgan fingerprint density at radius 2 is 2.16 bits per heavy atom. The maximum atomic E-state index is 12.7. The number of hydrogen-bond donors (Lipinski definition) is 1. The molecule has 2 aromatic rings. The van der Waals surface area contributed by atoms with Gasteiger partial charge < -0.3 is 5.32 Å². The van der Waals surface area contributed by atoms with Crippen molar-refractivity contribution in [2.24, 2.45) is 10.2 Å². The molecule has 1 unspecified atom stereocenters. The first kappa shape index (κ1) is 16.7. The van der Waals surface area contributed by atoms with Crippen LogP contribution in [0.15, 0.2) is 45.9 Å². The Balaban J connectivity index is 2.21. The number of carbonyl (C=O) groups excluding carboxylic acids is 2. The van der Waals surface area contributed by atoms with E-state index in [4.69, 9.17) is 0 Å². The van der Waals surface area contributed by atoms with Crippen LogP contribution in [-0.2, 0) is 6.54 Å². The molecule has 0 saturated heterocycles. The zero-order valence-electron chi connectivity index (χ0n) is 14.0. The minimum Gasteiger partial charge on any atom is -0.350 e. The lowest BCUT2D eigenvalue weighted by Gasteiger charge is -2.12. The van der Waals surface area contributed by atoms with Crippen molar-refractivity contribution < 1.29 is 14.2 Å². The second-order valence-electron chi connectivity index (χ2n) is 5.84. The van der Waals surface area contributed by atoms with E-state index in [0.717, 1.165) is 6.42 Å². The smallest absolute Gasteiger partial charge is 0.350 e. The van der Waals surface area contributed by atoms with Gasteiger partial charge in [0.05, 0.1) is 17.0 Å². The van der Waals surface area contributed by atoms with Gasteiger partial charge in [0.25, 0.3) is 5.91 Å². The zero-order chi connectivity index (χ0) is 18.1. The highest BCUT2D eigenvalue weighted by Gasteiger charge is 2.33. The standard InChI is InChI=1S/C17H17N5O3/c1-4-8-21-15(24)12-7-6-11(14(23)18-10(3)5-2)9-13(12)22-16(21)19-20-17(22)25/h4,6-7,9-10H,1,5,8H2,2-3H3/p+1. The number of benzene rings is 1. The van der Waals surface area contributed by atoms with Gasteiger partial charge in [0.2, 0.25) is 0 Å². The van der Waals surface area contributed by atoms with Crippen molar-refractivity contribution in [1.29, 1.82) is 0 Å². The minimum atomic E-state index is -0.600. The molecule has 1 aliphatic heterocycles. The largest absolute Gasteiger partial charge is 0.445 e. The molecular formula is C17H18N5O3+. The summed E-state index contributed by atoms with van der Waals surface area (Å²) in [6.45, 7) is 7.69. The van der Waals surface area contributed by atoms with E-state index < -0.39 is 6.03 Å². The van der Waals surface area contributed by atoms with Crippen molar-refractivity contribution in [3.8, 4) is 0 Å². The molecule has 128 valence electrons. The highest BCUT2D eigenvalue weighted by atomic mass is 16.2. The van der Waals surface area contributed by atoms with E-state index >= 15 is 0 Å². The molecule has 1 aromatic heterocycles. The fourth-order valence-corrected chi connectivity index (χ4v) is 2.63. The number of amides is 2. The average molecular weight is 340 g/mol. The maximum Gasteiger partial charge on any atom is 0.445 e. The predicted molar refractivity (Wildman–Crippen MR) is 91.1 cm³/mol. The highest BCUT2D eigenvalue weighted by Crippen LogP contribution is 2.22. The third-order valence-corrected chi connectivity index (χ3v) is 4.14. The first-order valence-electron chi connectivity index (χ1n) is 7.98. The first-order chi connectivity index (χ1) is 12.0. The fourth-order valence-electron chi connectivity index (χ4n) is 2.63. The molecule has 2 amide bonds. The van der Waals surface area contributed by atoms with Gasteiger partial charge in [-0.15, -0.1) is 4.57 Å². The summed E-state index contributed by atoms with van der Waals surface area (Å²) >= 11 is 0.